The molecule has 0 amide bonds. The Morgan fingerprint density at radius 2 is 2.20 bits per heavy atom. The van der Waals surface area contributed by atoms with E-state index in [-0.39, 0.29) is 16.4 Å². The van der Waals surface area contributed by atoms with E-state index in [1.165, 1.54) is 6.07 Å². The molecule has 4 heteroatoms. The second-order valence-corrected chi connectivity index (χ2v) is 5.20. The molecule has 15 heavy (non-hydrogen) atoms. The predicted molar refractivity (Wildman–Crippen MR) is 65.8 cm³/mol. The van der Waals surface area contributed by atoms with Gasteiger partial charge < -0.3 is 0 Å². The first-order valence-electron chi connectivity index (χ1n) is 4.65. The first-order chi connectivity index (χ1) is 7.04. The molecule has 0 N–H and O–H groups in total. The van der Waals surface area contributed by atoms with Gasteiger partial charge in [-0.1, -0.05) is 28.9 Å². The van der Waals surface area contributed by atoms with Crippen molar-refractivity contribution in [2.75, 3.05) is 0 Å². The van der Waals surface area contributed by atoms with Crippen LogP contribution in [0.5, 0.6) is 0 Å². The highest BCUT2D eigenvalue weighted by Crippen LogP contribution is 2.19. The largest absolute Gasteiger partial charge is 0.298 e. The summed E-state index contributed by atoms with van der Waals surface area (Å²) in [5, 5.41) is 0. The van der Waals surface area contributed by atoms with Gasteiger partial charge in [0.2, 0.25) is 0 Å². The third kappa shape index (κ3) is 3.68. The Labute approximate surface area is 105 Å². The molecule has 0 bridgehead atoms. The fourth-order valence-corrected chi connectivity index (χ4v) is 2.15. The molecule has 1 unspecified atom stereocenters. The van der Waals surface area contributed by atoms with E-state index in [2.05, 4.69) is 31.9 Å². The van der Waals surface area contributed by atoms with Gasteiger partial charge in [0, 0.05) is 6.42 Å². The number of alkyl halides is 1. The van der Waals surface area contributed by atoms with E-state index in [9.17, 15) is 9.18 Å². The van der Waals surface area contributed by atoms with E-state index in [0.717, 1.165) is 5.56 Å². The summed E-state index contributed by atoms with van der Waals surface area (Å²) in [6, 6.07) is 4.91. The van der Waals surface area contributed by atoms with Crippen molar-refractivity contribution >= 4 is 37.6 Å². The number of carbonyl (C=O) groups is 1. The lowest BCUT2D eigenvalue weighted by atomic mass is 10.1. The number of halogens is 3. The number of rotatable bonds is 4. The number of ketones is 1. The van der Waals surface area contributed by atoms with Crippen LogP contribution in [0, 0.1) is 5.82 Å². The Morgan fingerprint density at radius 3 is 2.73 bits per heavy atom. The molecule has 1 nitrogen and oxygen atoms in total. The summed E-state index contributed by atoms with van der Waals surface area (Å²) in [5.74, 6) is -0.158. The molecule has 0 saturated heterocycles. The zero-order valence-electron chi connectivity index (χ0n) is 8.27. The smallest absolute Gasteiger partial charge is 0.146 e. The number of hydrogen-bond donors (Lipinski definition) is 0. The van der Waals surface area contributed by atoms with Gasteiger partial charge in [0.05, 0.1) is 9.30 Å². The Morgan fingerprint density at radius 1 is 1.53 bits per heavy atom. The Balaban J connectivity index is 2.73. The van der Waals surface area contributed by atoms with Crippen molar-refractivity contribution < 1.29 is 9.18 Å². The molecule has 0 aromatic heterocycles. The maximum absolute atomic E-state index is 13.2. The monoisotopic (exact) mass is 336 g/mol. The van der Waals surface area contributed by atoms with E-state index in [1.54, 1.807) is 6.07 Å². The van der Waals surface area contributed by atoms with Crippen LogP contribution in [0.25, 0.3) is 0 Å². The van der Waals surface area contributed by atoms with Crippen LogP contribution in [-0.4, -0.2) is 10.6 Å². The van der Waals surface area contributed by atoms with Gasteiger partial charge in [-0.2, -0.15) is 0 Å². The molecule has 1 rings (SSSR count). The summed E-state index contributed by atoms with van der Waals surface area (Å²) >= 11 is 6.38. The van der Waals surface area contributed by atoms with Gasteiger partial charge in [0.1, 0.15) is 11.6 Å². The average molecular weight is 338 g/mol. The second-order valence-electron chi connectivity index (χ2n) is 3.24. The van der Waals surface area contributed by atoms with E-state index in [0.29, 0.717) is 17.3 Å². The highest BCUT2D eigenvalue weighted by atomic mass is 79.9. The number of Topliss-reactive ketones (excluding diaryl/α,β-unsaturated/α-hetero) is 1. The van der Waals surface area contributed by atoms with E-state index >= 15 is 0 Å². The maximum atomic E-state index is 13.2. The number of carbonyl (C=O) groups excluding carboxylic acids is 1. The first-order valence-corrected chi connectivity index (χ1v) is 6.36. The standard InChI is InChI=1S/C11H11Br2FO/c1-2-11(15)9(13)5-7-3-4-8(12)10(14)6-7/h3-4,6,9H,2,5H2,1H3. The Hall–Kier alpha value is -0.220. The lowest BCUT2D eigenvalue weighted by Gasteiger charge is -2.07. The van der Waals surface area contributed by atoms with Crippen LogP contribution in [0.2, 0.25) is 0 Å². The predicted octanol–water partition coefficient (Wildman–Crippen LogP) is 3.87. The minimum absolute atomic E-state index is 0.137. The van der Waals surface area contributed by atoms with Crippen molar-refractivity contribution in [1.82, 2.24) is 0 Å². The summed E-state index contributed by atoms with van der Waals surface area (Å²) in [6.45, 7) is 1.82. The van der Waals surface area contributed by atoms with Crippen LogP contribution < -0.4 is 0 Å². The molecule has 0 radical (unpaired) electrons. The van der Waals surface area contributed by atoms with E-state index in [1.807, 2.05) is 13.0 Å². The van der Waals surface area contributed by atoms with Crippen LogP contribution >= 0.6 is 31.9 Å². The maximum Gasteiger partial charge on any atom is 0.146 e. The molecule has 0 aliphatic heterocycles. The van der Waals surface area contributed by atoms with Gasteiger partial charge in [-0.05, 0) is 40.0 Å². The van der Waals surface area contributed by atoms with Crippen LogP contribution in [0.4, 0.5) is 4.39 Å². The highest BCUT2D eigenvalue weighted by molar-refractivity contribution is 9.10. The molecular weight excluding hydrogens is 327 g/mol. The third-order valence-electron chi connectivity index (χ3n) is 2.10. The summed E-state index contributed by atoms with van der Waals surface area (Å²) < 4.78 is 13.6. The van der Waals surface area contributed by atoms with Crippen molar-refractivity contribution in [3.8, 4) is 0 Å². The minimum Gasteiger partial charge on any atom is -0.298 e. The topological polar surface area (TPSA) is 17.1 Å². The zero-order valence-corrected chi connectivity index (χ0v) is 11.4. The van der Waals surface area contributed by atoms with Crippen molar-refractivity contribution in [3.63, 3.8) is 0 Å². The van der Waals surface area contributed by atoms with Crippen LogP contribution in [0.15, 0.2) is 22.7 Å². The van der Waals surface area contributed by atoms with Crippen LogP contribution in [0.1, 0.15) is 18.9 Å². The number of hydrogen-bond acceptors (Lipinski definition) is 1. The average Bonchev–Trinajstić information content (AvgIpc) is 2.22. The lowest BCUT2D eigenvalue weighted by Crippen LogP contribution is -2.15. The molecular formula is C11H11Br2FO. The highest BCUT2D eigenvalue weighted by Gasteiger charge is 2.13. The molecule has 0 aliphatic carbocycles. The van der Waals surface area contributed by atoms with Crippen molar-refractivity contribution in [1.29, 1.82) is 0 Å². The Kier molecular flexibility index (Phi) is 4.93. The number of benzene rings is 1. The molecule has 0 aliphatic rings. The van der Waals surface area contributed by atoms with Crippen molar-refractivity contribution in [3.05, 3.63) is 34.1 Å². The van der Waals surface area contributed by atoms with Gasteiger partial charge in [0.15, 0.2) is 0 Å². The molecule has 1 aromatic rings. The van der Waals surface area contributed by atoms with Crippen molar-refractivity contribution in [2.24, 2.45) is 0 Å². The SMILES string of the molecule is CCC(=O)C(Br)Cc1ccc(Br)c(F)c1. The summed E-state index contributed by atoms with van der Waals surface area (Å²) in [4.78, 5) is 11.1. The van der Waals surface area contributed by atoms with Crippen LogP contribution in [0.3, 0.4) is 0 Å². The van der Waals surface area contributed by atoms with E-state index in [4.69, 9.17) is 0 Å². The van der Waals surface area contributed by atoms with E-state index < -0.39 is 0 Å². The zero-order chi connectivity index (χ0) is 11.4. The first kappa shape index (κ1) is 12.8. The minimum atomic E-state index is -0.295. The molecule has 0 fully saturated rings. The van der Waals surface area contributed by atoms with Gasteiger partial charge in [0.25, 0.3) is 0 Å². The summed E-state index contributed by atoms with van der Waals surface area (Å²) in [6.07, 6.45) is 1.02. The van der Waals surface area contributed by atoms with Gasteiger partial charge in [-0.15, -0.1) is 0 Å². The van der Waals surface area contributed by atoms with Crippen LogP contribution in [-0.2, 0) is 11.2 Å². The molecule has 0 spiro atoms. The second kappa shape index (κ2) is 5.75. The fraction of sp³-hybridized carbons (Fsp3) is 0.364. The summed E-state index contributed by atoms with van der Waals surface area (Å²) in [7, 11) is 0. The van der Waals surface area contributed by atoms with Gasteiger partial charge in [-0.3, -0.25) is 4.79 Å². The quantitative estimate of drug-likeness (QED) is 0.762. The summed E-state index contributed by atoms with van der Waals surface area (Å²) in [5.41, 5.74) is 0.819. The molecule has 1 aromatic carbocycles. The molecule has 0 saturated carbocycles. The van der Waals surface area contributed by atoms with Gasteiger partial charge >= 0.3 is 0 Å². The Bertz CT molecular complexity index is 366. The molecule has 0 heterocycles. The lowest BCUT2D eigenvalue weighted by molar-refractivity contribution is -0.118. The third-order valence-corrected chi connectivity index (χ3v) is 3.57. The van der Waals surface area contributed by atoms with Crippen molar-refractivity contribution in [2.45, 2.75) is 24.6 Å². The normalized spacial score (nSPS) is 12.5. The molecule has 82 valence electrons. The fourth-order valence-electron chi connectivity index (χ4n) is 1.21. The molecule has 1 atom stereocenters. The van der Waals surface area contributed by atoms with Gasteiger partial charge in [-0.25, -0.2) is 4.39 Å².